The number of nitriles is 1. The fourth-order valence-electron chi connectivity index (χ4n) is 4.26. The van der Waals surface area contributed by atoms with Crippen molar-refractivity contribution >= 4 is 16.6 Å². The lowest BCUT2D eigenvalue weighted by molar-refractivity contribution is 0.0956. The maximum Gasteiger partial charge on any atom is 0.268 e. The number of fused-ring (bicyclic) bond motifs is 1. The van der Waals surface area contributed by atoms with E-state index in [1.54, 1.807) is 0 Å². The molecule has 24 heavy (non-hydrogen) atoms. The van der Waals surface area contributed by atoms with Gasteiger partial charge in [-0.1, -0.05) is 12.5 Å². The number of benzene rings is 1. The molecule has 5 heteroatoms. The zero-order valence-electron chi connectivity index (χ0n) is 13.8. The molecule has 0 radical (unpaired) electrons. The predicted octanol–water partition coefficient (Wildman–Crippen LogP) is 2.63. The van der Waals surface area contributed by atoms with Gasteiger partial charge in [0.25, 0.3) is 5.56 Å². The summed E-state index contributed by atoms with van der Waals surface area (Å²) in [4.78, 5) is 17.4. The Bertz CT molecular complexity index is 879. The summed E-state index contributed by atoms with van der Waals surface area (Å²) < 4.78 is 0. The number of rotatable bonds is 2. The second kappa shape index (κ2) is 5.64. The summed E-state index contributed by atoms with van der Waals surface area (Å²) in [5.41, 5.74) is 8.81. The van der Waals surface area contributed by atoms with E-state index in [1.807, 2.05) is 18.2 Å². The molecule has 124 valence electrons. The van der Waals surface area contributed by atoms with E-state index in [1.165, 1.54) is 19.3 Å². The molecule has 2 aromatic rings. The first kappa shape index (κ1) is 15.2. The number of hydrogen-bond donors (Lipinski definition) is 2. The van der Waals surface area contributed by atoms with Crippen molar-refractivity contribution in [1.29, 1.82) is 5.26 Å². The molecule has 1 aromatic heterocycles. The summed E-state index contributed by atoms with van der Waals surface area (Å²) >= 11 is 0. The van der Waals surface area contributed by atoms with Crippen LogP contribution in [0.5, 0.6) is 0 Å². The lowest BCUT2D eigenvalue weighted by Crippen LogP contribution is -2.44. The van der Waals surface area contributed by atoms with Crippen molar-refractivity contribution in [2.45, 2.75) is 38.6 Å². The molecule has 3 N–H and O–H groups in total. The Balaban J connectivity index is 1.83. The standard InChI is InChI=1S/C19H22N4O/c20-11-13-2-3-16-14(10-13)17(15(12-21)18(24)22-16)23-8-6-19(7-9-23)4-1-5-19/h2-3,10H,1,4-9,11,20H2,(H,22,24). The Morgan fingerprint density at radius 1 is 1.25 bits per heavy atom. The monoisotopic (exact) mass is 322 g/mol. The number of nitrogens with two attached hydrogens (primary N) is 1. The number of H-pyrrole nitrogens is 1. The van der Waals surface area contributed by atoms with Crippen molar-refractivity contribution < 1.29 is 0 Å². The SMILES string of the molecule is N#Cc1c(N2CCC3(CCC3)CC2)c2cc(CN)ccc2[nH]c1=O. The summed E-state index contributed by atoms with van der Waals surface area (Å²) in [6, 6.07) is 7.95. The molecule has 0 unspecified atom stereocenters. The number of aromatic nitrogens is 1. The Kier molecular flexibility index (Phi) is 3.58. The van der Waals surface area contributed by atoms with Crippen molar-refractivity contribution in [2.24, 2.45) is 11.1 Å². The number of anilines is 1. The summed E-state index contributed by atoms with van der Waals surface area (Å²) in [5.74, 6) is 0. The van der Waals surface area contributed by atoms with E-state index in [9.17, 15) is 10.1 Å². The van der Waals surface area contributed by atoms with E-state index >= 15 is 0 Å². The highest BCUT2D eigenvalue weighted by Gasteiger charge is 2.40. The molecule has 0 bridgehead atoms. The quantitative estimate of drug-likeness (QED) is 0.890. The van der Waals surface area contributed by atoms with Gasteiger partial charge in [-0.05, 0) is 48.8 Å². The molecule has 2 aliphatic rings. The minimum atomic E-state index is -0.301. The van der Waals surface area contributed by atoms with E-state index < -0.39 is 0 Å². The summed E-state index contributed by atoms with van der Waals surface area (Å²) in [6.07, 6.45) is 6.32. The van der Waals surface area contributed by atoms with Crippen LogP contribution in [-0.2, 0) is 6.54 Å². The Morgan fingerprint density at radius 3 is 2.58 bits per heavy atom. The van der Waals surface area contributed by atoms with Gasteiger partial charge in [0, 0.05) is 25.0 Å². The van der Waals surface area contributed by atoms with Crippen LogP contribution in [0.2, 0.25) is 0 Å². The minimum Gasteiger partial charge on any atom is -0.370 e. The average molecular weight is 322 g/mol. The van der Waals surface area contributed by atoms with Gasteiger partial charge in [0.15, 0.2) is 0 Å². The Hall–Kier alpha value is -2.32. The van der Waals surface area contributed by atoms with Crippen LogP contribution in [0.4, 0.5) is 5.69 Å². The second-order valence-corrected chi connectivity index (χ2v) is 7.21. The lowest BCUT2D eigenvalue weighted by Gasteiger charge is -2.48. The third-order valence-electron chi connectivity index (χ3n) is 5.95. The van der Waals surface area contributed by atoms with Crippen LogP contribution in [0.15, 0.2) is 23.0 Å². The topological polar surface area (TPSA) is 85.9 Å². The van der Waals surface area contributed by atoms with Crippen molar-refractivity contribution in [2.75, 3.05) is 18.0 Å². The van der Waals surface area contributed by atoms with Crippen LogP contribution in [0.3, 0.4) is 0 Å². The fourth-order valence-corrected chi connectivity index (χ4v) is 4.26. The van der Waals surface area contributed by atoms with E-state index in [2.05, 4.69) is 16.0 Å². The number of aromatic amines is 1. The highest BCUT2D eigenvalue weighted by Crippen LogP contribution is 2.49. The molecule has 1 saturated carbocycles. The van der Waals surface area contributed by atoms with Crippen molar-refractivity contribution in [3.63, 3.8) is 0 Å². The van der Waals surface area contributed by atoms with E-state index in [-0.39, 0.29) is 11.1 Å². The molecule has 0 amide bonds. The number of hydrogen-bond acceptors (Lipinski definition) is 4. The zero-order chi connectivity index (χ0) is 16.7. The van der Waals surface area contributed by atoms with Gasteiger partial charge in [0.1, 0.15) is 11.6 Å². The van der Waals surface area contributed by atoms with Crippen LogP contribution in [0.1, 0.15) is 43.2 Å². The van der Waals surface area contributed by atoms with Gasteiger partial charge in [-0.2, -0.15) is 5.26 Å². The molecule has 5 nitrogen and oxygen atoms in total. The third kappa shape index (κ3) is 2.30. The summed E-state index contributed by atoms with van der Waals surface area (Å²) in [6.45, 7) is 2.28. The fraction of sp³-hybridized carbons (Fsp3) is 0.474. The normalized spacial score (nSPS) is 19.2. The Labute approximate surface area is 141 Å². The highest BCUT2D eigenvalue weighted by molar-refractivity contribution is 5.95. The Morgan fingerprint density at radius 2 is 2.00 bits per heavy atom. The van der Waals surface area contributed by atoms with Crippen LogP contribution < -0.4 is 16.2 Å². The molecule has 1 saturated heterocycles. The van der Waals surface area contributed by atoms with E-state index in [0.717, 1.165) is 48.1 Å². The molecule has 1 aliphatic heterocycles. The first-order chi connectivity index (χ1) is 11.7. The maximum absolute atomic E-state index is 12.3. The summed E-state index contributed by atoms with van der Waals surface area (Å²) in [5, 5.41) is 10.5. The molecule has 2 fully saturated rings. The minimum absolute atomic E-state index is 0.223. The number of nitrogens with one attached hydrogen (secondary N) is 1. The average Bonchev–Trinajstić information content (AvgIpc) is 2.59. The summed E-state index contributed by atoms with van der Waals surface area (Å²) in [7, 11) is 0. The van der Waals surface area contributed by atoms with Crippen molar-refractivity contribution in [3.8, 4) is 6.07 Å². The first-order valence-electron chi connectivity index (χ1n) is 8.70. The lowest BCUT2D eigenvalue weighted by atomic mass is 9.63. The van der Waals surface area contributed by atoms with Crippen molar-refractivity contribution in [3.05, 3.63) is 39.7 Å². The third-order valence-corrected chi connectivity index (χ3v) is 5.95. The first-order valence-corrected chi connectivity index (χ1v) is 8.70. The van der Waals surface area contributed by atoms with Gasteiger partial charge >= 0.3 is 0 Å². The predicted molar refractivity (Wildman–Crippen MR) is 94.9 cm³/mol. The van der Waals surface area contributed by atoms with Crippen LogP contribution in [-0.4, -0.2) is 18.1 Å². The molecule has 4 rings (SSSR count). The van der Waals surface area contributed by atoms with Crippen LogP contribution >= 0.6 is 0 Å². The molecule has 1 spiro atoms. The van der Waals surface area contributed by atoms with E-state index in [4.69, 9.17) is 5.73 Å². The van der Waals surface area contributed by atoms with Gasteiger partial charge in [-0.15, -0.1) is 0 Å². The van der Waals surface area contributed by atoms with Gasteiger partial charge < -0.3 is 15.6 Å². The molecule has 0 atom stereocenters. The molecular formula is C19H22N4O. The number of piperidine rings is 1. The smallest absolute Gasteiger partial charge is 0.268 e. The van der Waals surface area contributed by atoms with Crippen LogP contribution in [0, 0.1) is 16.7 Å². The van der Waals surface area contributed by atoms with Crippen molar-refractivity contribution in [1.82, 2.24) is 4.98 Å². The van der Waals surface area contributed by atoms with Gasteiger partial charge in [0.05, 0.1) is 11.2 Å². The maximum atomic E-state index is 12.3. The molecule has 1 aromatic carbocycles. The van der Waals surface area contributed by atoms with Gasteiger partial charge in [-0.25, -0.2) is 0 Å². The largest absolute Gasteiger partial charge is 0.370 e. The number of pyridine rings is 1. The zero-order valence-corrected chi connectivity index (χ0v) is 13.8. The molecule has 1 aliphatic carbocycles. The van der Waals surface area contributed by atoms with Gasteiger partial charge in [-0.3, -0.25) is 4.79 Å². The van der Waals surface area contributed by atoms with Gasteiger partial charge in [0.2, 0.25) is 0 Å². The molecule has 2 heterocycles. The second-order valence-electron chi connectivity index (χ2n) is 7.21. The van der Waals surface area contributed by atoms with Crippen LogP contribution in [0.25, 0.3) is 10.9 Å². The molecular weight excluding hydrogens is 300 g/mol. The highest BCUT2D eigenvalue weighted by atomic mass is 16.1. The number of nitrogens with zero attached hydrogens (tertiary/aromatic N) is 2. The van der Waals surface area contributed by atoms with E-state index in [0.29, 0.717) is 12.0 Å².